The van der Waals surface area contributed by atoms with Crippen LogP contribution < -0.4 is 9.64 Å². The molecule has 0 atom stereocenters. The maximum atomic E-state index is 12.8. The number of methoxy groups -OCH3 is 1. The van der Waals surface area contributed by atoms with Gasteiger partial charge in [0.1, 0.15) is 5.75 Å². The van der Waals surface area contributed by atoms with E-state index >= 15 is 0 Å². The summed E-state index contributed by atoms with van der Waals surface area (Å²) in [5, 5.41) is 0. The summed E-state index contributed by atoms with van der Waals surface area (Å²) in [7, 11) is 7.67. The lowest BCUT2D eigenvalue weighted by Gasteiger charge is -2.34. The Labute approximate surface area is 181 Å². The number of hydrogen-bond donors (Lipinski definition) is 0. The third-order valence-electron chi connectivity index (χ3n) is 6.11. The van der Waals surface area contributed by atoms with Gasteiger partial charge in [0.25, 0.3) is 5.91 Å². The SMILES string of the molecule is COc1ccccc1CCN1CCC(CN(C)C(=O)c2ccc(N(C)C)cc2)CC1. The number of nitrogens with zero attached hydrogens (tertiary/aromatic N) is 3. The van der Waals surface area contributed by atoms with Crippen molar-refractivity contribution in [1.29, 1.82) is 0 Å². The molecule has 5 heteroatoms. The van der Waals surface area contributed by atoms with Gasteiger partial charge in [0, 0.05) is 45.5 Å². The lowest BCUT2D eigenvalue weighted by atomic mass is 9.95. The molecular formula is C25H35N3O2. The first-order valence-electron chi connectivity index (χ1n) is 10.8. The van der Waals surface area contributed by atoms with Gasteiger partial charge in [-0.25, -0.2) is 0 Å². The predicted molar refractivity (Wildman–Crippen MR) is 124 cm³/mol. The van der Waals surface area contributed by atoms with Crippen molar-refractivity contribution in [3.8, 4) is 5.75 Å². The van der Waals surface area contributed by atoms with Gasteiger partial charge in [0.05, 0.1) is 7.11 Å². The molecule has 1 amide bonds. The highest BCUT2D eigenvalue weighted by Crippen LogP contribution is 2.22. The van der Waals surface area contributed by atoms with Crippen LogP contribution >= 0.6 is 0 Å². The summed E-state index contributed by atoms with van der Waals surface area (Å²) >= 11 is 0. The van der Waals surface area contributed by atoms with Crippen LogP contribution in [0.1, 0.15) is 28.8 Å². The second kappa shape index (κ2) is 10.5. The fraction of sp³-hybridized carbons (Fsp3) is 0.480. The van der Waals surface area contributed by atoms with E-state index in [1.54, 1.807) is 7.11 Å². The van der Waals surface area contributed by atoms with Crippen LogP contribution in [0.25, 0.3) is 0 Å². The second-order valence-electron chi connectivity index (χ2n) is 8.47. The van der Waals surface area contributed by atoms with Crippen molar-refractivity contribution in [3.05, 3.63) is 59.7 Å². The van der Waals surface area contributed by atoms with E-state index < -0.39 is 0 Å². The third kappa shape index (κ3) is 5.76. The number of amides is 1. The van der Waals surface area contributed by atoms with Crippen molar-refractivity contribution in [2.24, 2.45) is 5.92 Å². The fourth-order valence-corrected chi connectivity index (χ4v) is 4.17. The predicted octanol–water partition coefficient (Wildman–Crippen LogP) is 3.79. The lowest BCUT2D eigenvalue weighted by molar-refractivity contribution is 0.0740. The van der Waals surface area contributed by atoms with Crippen molar-refractivity contribution in [2.75, 3.05) is 59.3 Å². The zero-order valence-corrected chi connectivity index (χ0v) is 18.8. The van der Waals surface area contributed by atoms with Gasteiger partial charge in [0.15, 0.2) is 0 Å². The standard InChI is InChI=1S/C25H35N3O2/c1-26(2)23-11-9-22(10-12-23)25(29)27(3)19-20-13-16-28(17-14-20)18-15-21-7-5-6-8-24(21)30-4/h5-12,20H,13-19H2,1-4H3. The number of para-hydroxylation sites is 1. The molecule has 0 radical (unpaired) electrons. The number of carbonyl (C=O) groups excluding carboxylic acids is 1. The van der Waals surface area contributed by atoms with Crippen molar-refractivity contribution in [2.45, 2.75) is 19.3 Å². The maximum absolute atomic E-state index is 12.8. The highest BCUT2D eigenvalue weighted by Gasteiger charge is 2.22. The number of hydrogen-bond acceptors (Lipinski definition) is 4. The molecule has 30 heavy (non-hydrogen) atoms. The first kappa shape index (κ1) is 22.2. The number of benzene rings is 2. The summed E-state index contributed by atoms with van der Waals surface area (Å²) in [5.74, 6) is 1.66. The van der Waals surface area contributed by atoms with Crippen LogP contribution in [0, 0.1) is 5.92 Å². The number of rotatable bonds is 8. The first-order valence-corrected chi connectivity index (χ1v) is 10.8. The topological polar surface area (TPSA) is 36.0 Å². The van der Waals surface area contributed by atoms with Gasteiger partial charge in [-0.15, -0.1) is 0 Å². The summed E-state index contributed by atoms with van der Waals surface area (Å²) in [6.45, 7) is 4.08. The Bertz CT molecular complexity index is 811. The average molecular weight is 410 g/mol. The van der Waals surface area contributed by atoms with E-state index in [4.69, 9.17) is 4.74 Å². The lowest BCUT2D eigenvalue weighted by Crippen LogP contribution is -2.40. The number of anilines is 1. The Morgan fingerprint density at radius 1 is 1.03 bits per heavy atom. The summed E-state index contributed by atoms with van der Waals surface area (Å²) in [5.41, 5.74) is 3.14. The first-order chi connectivity index (χ1) is 14.5. The fourth-order valence-electron chi connectivity index (χ4n) is 4.17. The molecule has 2 aromatic carbocycles. The van der Waals surface area contributed by atoms with E-state index in [1.165, 1.54) is 5.56 Å². The minimum atomic E-state index is 0.110. The molecule has 0 bridgehead atoms. The summed E-state index contributed by atoms with van der Waals surface area (Å²) in [6.07, 6.45) is 3.29. The van der Waals surface area contributed by atoms with Gasteiger partial charge in [-0.3, -0.25) is 4.79 Å². The normalized spacial score (nSPS) is 15.1. The van der Waals surface area contributed by atoms with E-state index in [2.05, 4.69) is 17.0 Å². The Hall–Kier alpha value is -2.53. The van der Waals surface area contributed by atoms with Crippen LogP contribution in [0.15, 0.2) is 48.5 Å². The van der Waals surface area contributed by atoms with E-state index in [1.807, 2.05) is 67.3 Å². The van der Waals surface area contributed by atoms with Gasteiger partial charge in [0.2, 0.25) is 0 Å². The van der Waals surface area contributed by atoms with Crippen LogP contribution in [0.3, 0.4) is 0 Å². The van der Waals surface area contributed by atoms with E-state index in [0.717, 1.165) is 62.4 Å². The van der Waals surface area contributed by atoms with E-state index in [9.17, 15) is 4.79 Å². The van der Waals surface area contributed by atoms with Gasteiger partial charge < -0.3 is 19.4 Å². The van der Waals surface area contributed by atoms with Gasteiger partial charge >= 0.3 is 0 Å². The number of piperidine rings is 1. The molecule has 0 N–H and O–H groups in total. The van der Waals surface area contributed by atoms with Crippen LogP contribution in [0.5, 0.6) is 5.75 Å². The van der Waals surface area contributed by atoms with Crippen molar-refractivity contribution < 1.29 is 9.53 Å². The summed E-state index contributed by atoms with van der Waals surface area (Å²) in [6, 6.07) is 16.1. The van der Waals surface area contributed by atoms with Gasteiger partial charge in [-0.05, 0) is 74.2 Å². The highest BCUT2D eigenvalue weighted by atomic mass is 16.5. The zero-order chi connectivity index (χ0) is 21.5. The quantitative estimate of drug-likeness (QED) is 0.665. The minimum Gasteiger partial charge on any atom is -0.496 e. The molecule has 0 aliphatic carbocycles. The Kier molecular flexibility index (Phi) is 7.75. The van der Waals surface area contributed by atoms with E-state index in [-0.39, 0.29) is 5.91 Å². The molecule has 2 aromatic rings. The Morgan fingerprint density at radius 2 is 1.70 bits per heavy atom. The number of carbonyl (C=O) groups is 1. The maximum Gasteiger partial charge on any atom is 0.253 e. The smallest absolute Gasteiger partial charge is 0.253 e. The molecule has 1 aliphatic heterocycles. The van der Waals surface area contributed by atoms with Gasteiger partial charge in [-0.1, -0.05) is 18.2 Å². The molecule has 0 spiro atoms. The minimum absolute atomic E-state index is 0.110. The van der Waals surface area contributed by atoms with Gasteiger partial charge in [-0.2, -0.15) is 0 Å². The molecule has 1 fully saturated rings. The molecule has 0 saturated carbocycles. The zero-order valence-electron chi connectivity index (χ0n) is 18.8. The molecular weight excluding hydrogens is 374 g/mol. The molecule has 3 rings (SSSR count). The summed E-state index contributed by atoms with van der Waals surface area (Å²) in [4.78, 5) is 19.2. The monoisotopic (exact) mass is 409 g/mol. The van der Waals surface area contributed by atoms with Crippen molar-refractivity contribution in [1.82, 2.24) is 9.80 Å². The summed E-state index contributed by atoms with van der Waals surface area (Å²) < 4.78 is 5.46. The number of ether oxygens (including phenoxy) is 1. The average Bonchev–Trinajstić information content (AvgIpc) is 2.78. The molecule has 1 saturated heterocycles. The largest absolute Gasteiger partial charge is 0.496 e. The van der Waals surface area contributed by atoms with Crippen LogP contribution in [0.2, 0.25) is 0 Å². The Balaban J connectivity index is 1.44. The van der Waals surface area contributed by atoms with E-state index in [0.29, 0.717) is 5.92 Å². The van der Waals surface area contributed by atoms with Crippen molar-refractivity contribution in [3.63, 3.8) is 0 Å². The highest BCUT2D eigenvalue weighted by molar-refractivity contribution is 5.94. The molecule has 5 nitrogen and oxygen atoms in total. The molecule has 0 aromatic heterocycles. The Morgan fingerprint density at radius 3 is 2.33 bits per heavy atom. The third-order valence-corrected chi connectivity index (χ3v) is 6.11. The molecule has 0 unspecified atom stereocenters. The number of likely N-dealkylation sites (tertiary alicyclic amines) is 1. The molecule has 162 valence electrons. The second-order valence-corrected chi connectivity index (χ2v) is 8.47. The molecule has 1 heterocycles. The van der Waals surface area contributed by atoms with Crippen LogP contribution in [0.4, 0.5) is 5.69 Å². The molecule has 1 aliphatic rings. The van der Waals surface area contributed by atoms with Crippen molar-refractivity contribution >= 4 is 11.6 Å². The van der Waals surface area contributed by atoms with Crippen LogP contribution in [-0.4, -0.2) is 70.1 Å². The van der Waals surface area contributed by atoms with Crippen LogP contribution in [-0.2, 0) is 6.42 Å².